The maximum atomic E-state index is 12.5. The average Bonchev–Trinajstić information content (AvgIpc) is 3.05. The Bertz CT molecular complexity index is 583. The molecule has 5 heteroatoms. The second-order valence-corrected chi connectivity index (χ2v) is 6.28. The number of rotatable bonds is 3. The second-order valence-electron chi connectivity index (χ2n) is 6.28. The number of nitrogens with one attached hydrogen (secondary N) is 1. The SMILES string of the molecule is Cc1c(C(=O)NC2(CN)CCCC2)oc2c1C(=O)CCC2. The Morgan fingerprint density at radius 2 is 2.00 bits per heavy atom. The molecule has 0 atom stereocenters. The molecule has 1 aromatic rings. The number of amides is 1. The van der Waals surface area contributed by atoms with Crippen LogP contribution in [0.1, 0.15) is 70.8 Å². The Morgan fingerprint density at radius 3 is 2.62 bits per heavy atom. The Balaban J connectivity index is 1.87. The number of furan rings is 1. The van der Waals surface area contributed by atoms with Gasteiger partial charge in [0.15, 0.2) is 11.5 Å². The molecular formula is C16H22N2O3. The van der Waals surface area contributed by atoms with Gasteiger partial charge in [-0.25, -0.2) is 0 Å². The normalized spacial score (nSPS) is 20.4. The van der Waals surface area contributed by atoms with Crippen LogP contribution in [0.5, 0.6) is 0 Å². The number of hydrogen-bond donors (Lipinski definition) is 2. The third kappa shape index (κ3) is 2.39. The highest BCUT2D eigenvalue weighted by atomic mass is 16.4. The topological polar surface area (TPSA) is 85.3 Å². The molecule has 2 aliphatic carbocycles. The standard InChI is InChI=1S/C16H22N2O3/c1-10-13-11(19)5-4-6-12(13)21-14(10)15(20)18-16(9-17)7-2-3-8-16/h2-9,17H2,1H3,(H,18,20). The van der Waals surface area contributed by atoms with Crippen molar-refractivity contribution in [1.82, 2.24) is 5.32 Å². The summed E-state index contributed by atoms with van der Waals surface area (Å²) in [5.41, 5.74) is 6.85. The second kappa shape index (κ2) is 5.30. The Morgan fingerprint density at radius 1 is 1.29 bits per heavy atom. The largest absolute Gasteiger partial charge is 0.455 e. The fraction of sp³-hybridized carbons (Fsp3) is 0.625. The van der Waals surface area contributed by atoms with E-state index in [9.17, 15) is 9.59 Å². The van der Waals surface area contributed by atoms with Gasteiger partial charge in [0.2, 0.25) is 0 Å². The lowest BCUT2D eigenvalue weighted by atomic mass is 9.93. The van der Waals surface area contributed by atoms with E-state index in [0.717, 1.165) is 38.5 Å². The molecule has 0 unspecified atom stereocenters. The van der Waals surface area contributed by atoms with E-state index in [2.05, 4.69) is 5.32 Å². The van der Waals surface area contributed by atoms with Gasteiger partial charge in [0.1, 0.15) is 5.76 Å². The predicted molar refractivity (Wildman–Crippen MR) is 78.4 cm³/mol. The summed E-state index contributed by atoms with van der Waals surface area (Å²) in [7, 11) is 0. The highest BCUT2D eigenvalue weighted by Crippen LogP contribution is 2.32. The van der Waals surface area contributed by atoms with Crippen molar-refractivity contribution in [3.05, 3.63) is 22.6 Å². The van der Waals surface area contributed by atoms with Gasteiger partial charge in [-0.05, 0) is 26.2 Å². The zero-order chi connectivity index (χ0) is 15.0. The van der Waals surface area contributed by atoms with Crippen LogP contribution in [-0.2, 0) is 6.42 Å². The molecule has 1 amide bonds. The van der Waals surface area contributed by atoms with E-state index in [-0.39, 0.29) is 23.0 Å². The smallest absolute Gasteiger partial charge is 0.287 e. The van der Waals surface area contributed by atoms with Crippen molar-refractivity contribution < 1.29 is 14.0 Å². The summed E-state index contributed by atoms with van der Waals surface area (Å²) < 4.78 is 5.70. The van der Waals surface area contributed by atoms with Crippen LogP contribution in [0.15, 0.2) is 4.42 Å². The molecule has 1 fully saturated rings. The van der Waals surface area contributed by atoms with E-state index < -0.39 is 0 Å². The quantitative estimate of drug-likeness (QED) is 0.892. The highest BCUT2D eigenvalue weighted by molar-refractivity contribution is 6.03. The van der Waals surface area contributed by atoms with Crippen LogP contribution < -0.4 is 11.1 Å². The fourth-order valence-corrected chi connectivity index (χ4v) is 3.59. The van der Waals surface area contributed by atoms with Crippen LogP contribution in [0.2, 0.25) is 0 Å². The first-order valence-electron chi connectivity index (χ1n) is 7.74. The van der Waals surface area contributed by atoms with E-state index in [1.807, 2.05) is 0 Å². The molecule has 114 valence electrons. The lowest BCUT2D eigenvalue weighted by molar-refractivity contribution is 0.0870. The summed E-state index contributed by atoms with van der Waals surface area (Å²) in [6.07, 6.45) is 6.07. The Hall–Kier alpha value is -1.62. The van der Waals surface area contributed by atoms with Crippen LogP contribution in [0.4, 0.5) is 0 Å². The van der Waals surface area contributed by atoms with Crippen LogP contribution in [0.3, 0.4) is 0 Å². The molecule has 21 heavy (non-hydrogen) atoms. The summed E-state index contributed by atoms with van der Waals surface area (Å²) in [5, 5.41) is 3.05. The van der Waals surface area contributed by atoms with Crippen molar-refractivity contribution in [2.75, 3.05) is 6.54 Å². The lowest BCUT2D eigenvalue weighted by Gasteiger charge is -2.28. The molecule has 1 heterocycles. The number of hydrogen-bond acceptors (Lipinski definition) is 4. The molecule has 3 rings (SSSR count). The minimum atomic E-state index is -0.305. The monoisotopic (exact) mass is 290 g/mol. The van der Waals surface area contributed by atoms with E-state index in [1.165, 1.54) is 0 Å². The van der Waals surface area contributed by atoms with Gasteiger partial charge in [-0.1, -0.05) is 12.8 Å². The first kappa shape index (κ1) is 14.3. The van der Waals surface area contributed by atoms with E-state index in [0.29, 0.717) is 29.9 Å². The third-order valence-corrected chi connectivity index (χ3v) is 4.84. The molecule has 0 saturated heterocycles. The number of ketones is 1. The van der Waals surface area contributed by atoms with Gasteiger partial charge >= 0.3 is 0 Å². The molecule has 3 N–H and O–H groups in total. The van der Waals surface area contributed by atoms with Crippen LogP contribution >= 0.6 is 0 Å². The first-order valence-corrected chi connectivity index (χ1v) is 7.74. The van der Waals surface area contributed by atoms with Gasteiger partial charge < -0.3 is 15.5 Å². The van der Waals surface area contributed by atoms with Gasteiger partial charge in [-0.15, -0.1) is 0 Å². The maximum Gasteiger partial charge on any atom is 0.287 e. The van der Waals surface area contributed by atoms with Gasteiger partial charge in [-0.3, -0.25) is 9.59 Å². The third-order valence-electron chi connectivity index (χ3n) is 4.84. The van der Waals surface area contributed by atoms with Gasteiger partial charge in [0.25, 0.3) is 5.91 Å². The van der Waals surface area contributed by atoms with E-state index in [1.54, 1.807) is 6.92 Å². The molecule has 0 bridgehead atoms. The molecule has 1 aromatic heterocycles. The van der Waals surface area contributed by atoms with Crippen molar-refractivity contribution in [3.8, 4) is 0 Å². The van der Waals surface area contributed by atoms with Gasteiger partial charge in [-0.2, -0.15) is 0 Å². The Kier molecular flexibility index (Phi) is 3.61. The van der Waals surface area contributed by atoms with E-state index in [4.69, 9.17) is 10.2 Å². The van der Waals surface area contributed by atoms with E-state index >= 15 is 0 Å². The van der Waals surface area contributed by atoms with Crippen LogP contribution in [-0.4, -0.2) is 23.8 Å². The number of carbonyl (C=O) groups is 2. The molecule has 5 nitrogen and oxygen atoms in total. The predicted octanol–water partition coefficient (Wildman–Crippen LogP) is 2.11. The lowest BCUT2D eigenvalue weighted by Crippen LogP contribution is -2.51. The fourth-order valence-electron chi connectivity index (χ4n) is 3.59. The zero-order valence-electron chi connectivity index (χ0n) is 12.5. The number of nitrogens with two attached hydrogens (primary N) is 1. The maximum absolute atomic E-state index is 12.5. The summed E-state index contributed by atoms with van der Waals surface area (Å²) in [5.74, 6) is 0.810. The number of Topliss-reactive ketones (excluding diaryl/α,β-unsaturated/α-hetero) is 1. The minimum absolute atomic E-state index is 0.0888. The van der Waals surface area contributed by atoms with Crippen molar-refractivity contribution >= 4 is 11.7 Å². The number of aryl methyl sites for hydroxylation is 1. The summed E-state index contributed by atoms with van der Waals surface area (Å²) >= 11 is 0. The van der Waals surface area contributed by atoms with Gasteiger partial charge in [0, 0.05) is 24.9 Å². The molecule has 0 aromatic carbocycles. The van der Waals surface area contributed by atoms with Crippen molar-refractivity contribution in [3.63, 3.8) is 0 Å². The van der Waals surface area contributed by atoms with Crippen LogP contribution in [0, 0.1) is 6.92 Å². The van der Waals surface area contributed by atoms with Crippen LogP contribution in [0.25, 0.3) is 0 Å². The molecule has 0 spiro atoms. The summed E-state index contributed by atoms with van der Waals surface area (Å²) in [6, 6.07) is 0. The molecule has 2 aliphatic rings. The first-order chi connectivity index (χ1) is 10.1. The van der Waals surface area contributed by atoms with Gasteiger partial charge in [0.05, 0.1) is 11.1 Å². The summed E-state index contributed by atoms with van der Waals surface area (Å²) in [6.45, 7) is 2.24. The number of fused-ring (bicyclic) bond motifs is 1. The Labute approximate surface area is 124 Å². The molecular weight excluding hydrogens is 268 g/mol. The highest BCUT2D eigenvalue weighted by Gasteiger charge is 2.36. The zero-order valence-corrected chi connectivity index (χ0v) is 12.5. The summed E-state index contributed by atoms with van der Waals surface area (Å²) in [4.78, 5) is 24.5. The van der Waals surface area contributed by atoms with Crippen molar-refractivity contribution in [1.29, 1.82) is 0 Å². The number of carbonyl (C=O) groups excluding carboxylic acids is 2. The van der Waals surface area contributed by atoms with Crippen molar-refractivity contribution in [2.24, 2.45) is 5.73 Å². The molecule has 0 radical (unpaired) electrons. The van der Waals surface area contributed by atoms with Crippen molar-refractivity contribution in [2.45, 2.75) is 57.4 Å². The molecule has 1 saturated carbocycles. The minimum Gasteiger partial charge on any atom is -0.455 e. The average molecular weight is 290 g/mol. The molecule has 0 aliphatic heterocycles.